The number of nitrogens with one attached hydrogen (secondary N) is 1. The number of benzene rings is 1. The van der Waals surface area contributed by atoms with Crippen molar-refractivity contribution in [1.29, 1.82) is 0 Å². The molecule has 4 nitrogen and oxygen atoms in total. The molecule has 0 aromatic heterocycles. The quantitative estimate of drug-likeness (QED) is 0.910. The zero-order chi connectivity index (χ0) is 15.0. The third-order valence-electron chi connectivity index (χ3n) is 3.49. The molecule has 0 saturated heterocycles. The lowest BCUT2D eigenvalue weighted by molar-refractivity contribution is -0.123. The van der Waals surface area contributed by atoms with Crippen LogP contribution in [0.5, 0.6) is 0 Å². The Kier molecular flexibility index (Phi) is 3.53. The predicted molar refractivity (Wildman–Crippen MR) is 89.1 cm³/mol. The molecule has 21 heavy (non-hydrogen) atoms. The van der Waals surface area contributed by atoms with Crippen molar-refractivity contribution in [2.75, 3.05) is 18.4 Å². The average Bonchev–Trinajstić information content (AvgIpc) is 3.01. The summed E-state index contributed by atoms with van der Waals surface area (Å²) in [4.78, 5) is 18.7. The molecule has 0 unspecified atom stereocenters. The lowest BCUT2D eigenvalue weighted by Gasteiger charge is -2.19. The largest absolute Gasteiger partial charge is 0.326 e. The van der Waals surface area contributed by atoms with Gasteiger partial charge in [-0.1, -0.05) is 44.7 Å². The third kappa shape index (κ3) is 2.83. The standard InChI is InChI=1S/C16H19N3OS/c1-16(2,3)14(20)18-12-6-4-11(5-7-12)13-10-21-15-17-8-9-19(13)15/h4-7,10H,8-9H2,1-3H3,(H,18,20). The van der Waals surface area contributed by atoms with Gasteiger partial charge in [-0.25, -0.2) is 0 Å². The van der Waals surface area contributed by atoms with Crippen molar-refractivity contribution >= 4 is 34.2 Å². The van der Waals surface area contributed by atoms with E-state index in [-0.39, 0.29) is 11.3 Å². The van der Waals surface area contributed by atoms with Gasteiger partial charge in [0.1, 0.15) is 0 Å². The van der Waals surface area contributed by atoms with Gasteiger partial charge in [0.25, 0.3) is 0 Å². The van der Waals surface area contributed by atoms with Gasteiger partial charge in [-0.05, 0) is 17.7 Å². The fourth-order valence-corrected chi connectivity index (χ4v) is 3.15. The molecule has 0 aliphatic carbocycles. The molecule has 1 aromatic carbocycles. The van der Waals surface area contributed by atoms with Crippen LogP contribution in [-0.2, 0) is 4.79 Å². The molecule has 2 aliphatic heterocycles. The van der Waals surface area contributed by atoms with Crippen LogP contribution in [0.3, 0.4) is 0 Å². The van der Waals surface area contributed by atoms with E-state index in [1.54, 1.807) is 11.8 Å². The fourth-order valence-electron chi connectivity index (χ4n) is 2.19. The van der Waals surface area contributed by atoms with Crippen LogP contribution >= 0.6 is 11.8 Å². The Bertz CT molecular complexity index is 626. The number of amides is 1. The minimum atomic E-state index is -0.385. The van der Waals surface area contributed by atoms with E-state index in [9.17, 15) is 4.79 Å². The monoisotopic (exact) mass is 301 g/mol. The van der Waals surface area contributed by atoms with Gasteiger partial charge < -0.3 is 10.2 Å². The van der Waals surface area contributed by atoms with Crippen molar-refractivity contribution in [2.24, 2.45) is 10.4 Å². The van der Waals surface area contributed by atoms with E-state index in [0.717, 1.165) is 29.5 Å². The average molecular weight is 301 g/mol. The summed E-state index contributed by atoms with van der Waals surface area (Å²) in [6.07, 6.45) is 0. The van der Waals surface area contributed by atoms with Gasteiger partial charge in [0.15, 0.2) is 5.17 Å². The molecule has 0 radical (unpaired) electrons. The Labute approximate surface area is 129 Å². The van der Waals surface area contributed by atoms with E-state index in [2.05, 4.69) is 20.6 Å². The summed E-state index contributed by atoms with van der Waals surface area (Å²) in [7, 11) is 0. The number of rotatable bonds is 2. The summed E-state index contributed by atoms with van der Waals surface area (Å²) >= 11 is 1.68. The maximum Gasteiger partial charge on any atom is 0.229 e. The van der Waals surface area contributed by atoms with E-state index in [1.807, 2.05) is 45.0 Å². The molecule has 2 aliphatic rings. The van der Waals surface area contributed by atoms with Crippen molar-refractivity contribution in [2.45, 2.75) is 20.8 Å². The third-order valence-corrected chi connectivity index (χ3v) is 4.39. The number of aliphatic imine (C=N–C) groups is 1. The summed E-state index contributed by atoms with van der Waals surface area (Å²) < 4.78 is 0. The molecule has 0 saturated carbocycles. The molecular weight excluding hydrogens is 282 g/mol. The Balaban J connectivity index is 1.73. The molecular formula is C16H19N3OS. The van der Waals surface area contributed by atoms with Gasteiger partial charge in [0.05, 0.1) is 12.2 Å². The Morgan fingerprint density at radius 2 is 2.00 bits per heavy atom. The highest BCUT2D eigenvalue weighted by molar-refractivity contribution is 8.16. The Morgan fingerprint density at radius 1 is 1.29 bits per heavy atom. The molecule has 5 heteroatoms. The second-order valence-electron chi connectivity index (χ2n) is 6.22. The molecule has 3 rings (SSSR count). The lowest BCUT2D eigenvalue weighted by Crippen LogP contribution is -2.27. The number of hydrogen-bond acceptors (Lipinski definition) is 4. The van der Waals surface area contributed by atoms with E-state index in [0.29, 0.717) is 0 Å². The molecule has 110 valence electrons. The molecule has 0 fully saturated rings. The number of hydrogen-bond donors (Lipinski definition) is 1. The van der Waals surface area contributed by atoms with Gasteiger partial charge >= 0.3 is 0 Å². The van der Waals surface area contributed by atoms with Gasteiger partial charge in [0, 0.05) is 23.1 Å². The van der Waals surface area contributed by atoms with E-state index >= 15 is 0 Å². The Morgan fingerprint density at radius 3 is 2.67 bits per heavy atom. The summed E-state index contributed by atoms with van der Waals surface area (Å²) in [5.74, 6) is 0.0276. The van der Waals surface area contributed by atoms with Crippen molar-refractivity contribution in [3.63, 3.8) is 0 Å². The second kappa shape index (κ2) is 5.22. The molecule has 0 spiro atoms. The maximum atomic E-state index is 12.0. The van der Waals surface area contributed by atoms with Gasteiger partial charge in [0.2, 0.25) is 5.91 Å². The van der Waals surface area contributed by atoms with Crippen molar-refractivity contribution in [3.05, 3.63) is 35.2 Å². The van der Waals surface area contributed by atoms with Crippen molar-refractivity contribution in [1.82, 2.24) is 4.90 Å². The van der Waals surface area contributed by atoms with Crippen LogP contribution in [0.25, 0.3) is 5.70 Å². The van der Waals surface area contributed by atoms with E-state index in [4.69, 9.17) is 0 Å². The SMILES string of the molecule is CC(C)(C)C(=O)Nc1ccc(C2=CSC3=NCCN23)cc1. The van der Waals surface area contributed by atoms with Gasteiger partial charge in [-0.3, -0.25) is 9.79 Å². The maximum absolute atomic E-state index is 12.0. The number of nitrogens with zero attached hydrogens (tertiary/aromatic N) is 2. The summed E-state index contributed by atoms with van der Waals surface area (Å²) in [5.41, 5.74) is 2.80. The first-order valence-corrected chi connectivity index (χ1v) is 7.94. The highest BCUT2D eigenvalue weighted by atomic mass is 32.2. The number of thioether (sulfide) groups is 1. The first-order valence-electron chi connectivity index (χ1n) is 7.06. The van der Waals surface area contributed by atoms with E-state index in [1.165, 1.54) is 5.70 Å². The minimum Gasteiger partial charge on any atom is -0.326 e. The van der Waals surface area contributed by atoms with Crippen LogP contribution in [0.4, 0.5) is 5.69 Å². The summed E-state index contributed by atoms with van der Waals surface area (Å²) in [5, 5.41) is 6.18. The van der Waals surface area contributed by atoms with Crippen LogP contribution in [0.1, 0.15) is 26.3 Å². The van der Waals surface area contributed by atoms with E-state index < -0.39 is 0 Å². The number of carbonyl (C=O) groups excluding carboxylic acids is 1. The zero-order valence-electron chi connectivity index (χ0n) is 12.5. The number of anilines is 1. The minimum absolute atomic E-state index is 0.0276. The predicted octanol–water partition coefficient (Wildman–Crippen LogP) is 3.39. The molecule has 1 aromatic rings. The fraction of sp³-hybridized carbons (Fsp3) is 0.375. The molecule has 2 heterocycles. The normalized spacial score (nSPS) is 17.4. The highest BCUT2D eigenvalue weighted by Gasteiger charge is 2.27. The van der Waals surface area contributed by atoms with Crippen molar-refractivity contribution in [3.8, 4) is 0 Å². The number of fused-ring (bicyclic) bond motifs is 1. The van der Waals surface area contributed by atoms with Crippen LogP contribution in [0.2, 0.25) is 0 Å². The number of amidine groups is 1. The molecule has 1 amide bonds. The molecule has 1 N–H and O–H groups in total. The topological polar surface area (TPSA) is 44.7 Å². The smallest absolute Gasteiger partial charge is 0.229 e. The van der Waals surface area contributed by atoms with Gasteiger partial charge in [-0.2, -0.15) is 0 Å². The van der Waals surface area contributed by atoms with Crippen molar-refractivity contribution < 1.29 is 4.79 Å². The summed E-state index contributed by atoms with van der Waals surface area (Å²) in [6.45, 7) is 7.55. The summed E-state index contributed by atoms with van der Waals surface area (Å²) in [6, 6.07) is 8.00. The zero-order valence-corrected chi connectivity index (χ0v) is 13.3. The van der Waals surface area contributed by atoms with Crippen LogP contribution in [0, 0.1) is 5.41 Å². The van der Waals surface area contributed by atoms with Crippen LogP contribution in [0.15, 0.2) is 34.7 Å². The molecule has 0 atom stereocenters. The second-order valence-corrected chi connectivity index (χ2v) is 7.05. The molecule has 0 bridgehead atoms. The highest BCUT2D eigenvalue weighted by Crippen LogP contribution is 2.35. The Hall–Kier alpha value is -1.75. The van der Waals surface area contributed by atoms with Gasteiger partial charge in [-0.15, -0.1) is 0 Å². The first-order chi connectivity index (χ1) is 9.95. The van der Waals surface area contributed by atoms with Crippen LogP contribution < -0.4 is 5.32 Å². The number of carbonyl (C=O) groups is 1. The lowest BCUT2D eigenvalue weighted by atomic mass is 9.95. The van der Waals surface area contributed by atoms with Crippen LogP contribution in [-0.4, -0.2) is 29.1 Å². The first kappa shape index (κ1) is 14.2.